The van der Waals surface area contributed by atoms with Crippen LogP contribution in [0.4, 0.5) is 10.5 Å². The van der Waals surface area contributed by atoms with Crippen LogP contribution in [0.5, 0.6) is 0 Å². The van der Waals surface area contributed by atoms with Gasteiger partial charge in [-0.05, 0) is 32.9 Å². The molecule has 0 saturated heterocycles. The molecule has 3 amide bonds. The van der Waals surface area contributed by atoms with Crippen molar-refractivity contribution in [3.05, 3.63) is 28.2 Å². The van der Waals surface area contributed by atoms with Gasteiger partial charge < -0.3 is 10.6 Å². The monoisotopic (exact) mass is 317 g/mol. The highest BCUT2D eigenvalue weighted by Gasteiger charge is 2.15. The number of nitrogens with one attached hydrogen (secondary N) is 3. The number of rotatable bonds is 3. The summed E-state index contributed by atoms with van der Waals surface area (Å²) in [4.78, 5) is 23.1. The van der Waals surface area contributed by atoms with Gasteiger partial charge in [0, 0.05) is 5.54 Å². The number of carbonyl (C=O) groups excluding carboxylic acids is 2. The normalized spacial score (nSPS) is 10.8. The van der Waals surface area contributed by atoms with Gasteiger partial charge >= 0.3 is 6.03 Å². The number of anilines is 1. The van der Waals surface area contributed by atoms with Crippen LogP contribution in [-0.4, -0.2) is 24.0 Å². The molecule has 0 saturated carbocycles. The van der Waals surface area contributed by atoms with Crippen LogP contribution >= 0.6 is 23.2 Å². The van der Waals surface area contributed by atoms with Crippen LogP contribution in [-0.2, 0) is 4.79 Å². The fourth-order valence-corrected chi connectivity index (χ4v) is 1.73. The van der Waals surface area contributed by atoms with Crippen LogP contribution in [0.25, 0.3) is 0 Å². The Bertz CT molecular complexity index is 513. The molecule has 1 rings (SSSR count). The molecule has 5 nitrogen and oxygen atoms in total. The summed E-state index contributed by atoms with van der Waals surface area (Å²) in [5.41, 5.74) is 0.124. The molecule has 0 spiro atoms. The van der Waals surface area contributed by atoms with Crippen molar-refractivity contribution in [3.63, 3.8) is 0 Å². The van der Waals surface area contributed by atoms with Crippen molar-refractivity contribution in [1.29, 1.82) is 0 Å². The second-order valence-electron chi connectivity index (χ2n) is 5.21. The van der Waals surface area contributed by atoms with E-state index in [-0.39, 0.29) is 6.54 Å². The van der Waals surface area contributed by atoms with Crippen molar-refractivity contribution in [3.8, 4) is 0 Å². The summed E-state index contributed by atoms with van der Waals surface area (Å²) in [6, 6.07) is 4.50. The van der Waals surface area contributed by atoms with E-state index in [1.807, 2.05) is 20.8 Å². The van der Waals surface area contributed by atoms with E-state index in [1.165, 1.54) is 0 Å². The zero-order valence-corrected chi connectivity index (χ0v) is 13.0. The maximum atomic E-state index is 11.6. The Kier molecular flexibility index (Phi) is 5.65. The molecule has 110 valence electrons. The molecular formula is C13H17Cl2N3O2. The Morgan fingerprint density at radius 3 is 2.45 bits per heavy atom. The molecule has 0 aromatic heterocycles. The first-order valence-corrected chi connectivity index (χ1v) is 6.74. The number of halogens is 2. The molecule has 0 atom stereocenters. The predicted octanol–water partition coefficient (Wildman–Crippen LogP) is 3.03. The van der Waals surface area contributed by atoms with Crippen LogP contribution in [0, 0.1) is 0 Å². The lowest BCUT2D eigenvalue weighted by Crippen LogP contribution is -2.49. The highest BCUT2D eigenvalue weighted by molar-refractivity contribution is 6.43. The second kappa shape index (κ2) is 6.81. The smallest absolute Gasteiger partial charge is 0.321 e. The lowest BCUT2D eigenvalue weighted by atomic mass is 10.1. The molecule has 1 aromatic rings. The molecule has 7 heteroatoms. The predicted molar refractivity (Wildman–Crippen MR) is 81.4 cm³/mol. The van der Waals surface area contributed by atoms with Crippen LogP contribution in [0.15, 0.2) is 18.2 Å². The number of benzene rings is 1. The van der Waals surface area contributed by atoms with Crippen molar-refractivity contribution in [2.75, 3.05) is 11.9 Å². The second-order valence-corrected chi connectivity index (χ2v) is 5.99. The van der Waals surface area contributed by atoms with E-state index in [0.29, 0.717) is 15.7 Å². The summed E-state index contributed by atoms with van der Waals surface area (Å²) in [7, 11) is 0. The molecule has 0 fully saturated rings. The Labute approximate surface area is 128 Å². The minimum absolute atomic E-state index is 0.0857. The average Bonchev–Trinajstić information content (AvgIpc) is 2.28. The van der Waals surface area contributed by atoms with Crippen LogP contribution in [0.1, 0.15) is 20.8 Å². The van der Waals surface area contributed by atoms with Crippen molar-refractivity contribution in [1.82, 2.24) is 10.6 Å². The first-order chi connectivity index (χ1) is 9.19. The quantitative estimate of drug-likeness (QED) is 0.802. The molecule has 0 heterocycles. The lowest BCUT2D eigenvalue weighted by Gasteiger charge is -2.20. The van der Waals surface area contributed by atoms with E-state index in [1.54, 1.807) is 18.2 Å². The van der Waals surface area contributed by atoms with Gasteiger partial charge in [0.25, 0.3) is 0 Å². The molecule has 3 N–H and O–H groups in total. The number of hydrogen-bond donors (Lipinski definition) is 3. The fourth-order valence-electron chi connectivity index (χ4n) is 1.36. The van der Waals surface area contributed by atoms with E-state index >= 15 is 0 Å². The third-order valence-electron chi connectivity index (χ3n) is 2.13. The van der Waals surface area contributed by atoms with Crippen molar-refractivity contribution in [2.45, 2.75) is 26.3 Å². The van der Waals surface area contributed by atoms with Gasteiger partial charge in [-0.2, -0.15) is 0 Å². The average molecular weight is 318 g/mol. The van der Waals surface area contributed by atoms with Gasteiger partial charge in [0.15, 0.2) is 0 Å². The van der Waals surface area contributed by atoms with E-state index in [2.05, 4.69) is 16.0 Å². The Morgan fingerprint density at radius 2 is 1.85 bits per heavy atom. The number of imide groups is 1. The topological polar surface area (TPSA) is 70.2 Å². The highest BCUT2D eigenvalue weighted by Crippen LogP contribution is 2.29. The highest BCUT2D eigenvalue weighted by atomic mass is 35.5. The minimum Gasteiger partial charge on any atom is -0.375 e. The summed E-state index contributed by atoms with van der Waals surface area (Å²) >= 11 is 11.8. The molecule has 0 aliphatic carbocycles. The standard InChI is InChI=1S/C13H17Cl2N3O2/c1-13(2,3)18-12(20)17-10(19)7-16-9-6-4-5-8(14)11(9)15/h4-6,16H,7H2,1-3H3,(H2,17,18,19,20). The lowest BCUT2D eigenvalue weighted by molar-refractivity contribution is -0.118. The molecule has 0 bridgehead atoms. The molecule has 0 aliphatic rings. The number of urea groups is 1. The largest absolute Gasteiger partial charge is 0.375 e. The van der Waals surface area contributed by atoms with Crippen molar-refractivity contribution < 1.29 is 9.59 Å². The first-order valence-electron chi connectivity index (χ1n) is 5.99. The van der Waals surface area contributed by atoms with E-state index < -0.39 is 17.5 Å². The summed E-state index contributed by atoms with van der Waals surface area (Å²) in [6.45, 7) is 5.38. The van der Waals surface area contributed by atoms with Crippen LogP contribution < -0.4 is 16.0 Å². The summed E-state index contributed by atoms with van der Waals surface area (Å²) in [6.07, 6.45) is 0. The van der Waals surface area contributed by atoms with Crippen LogP contribution in [0.2, 0.25) is 10.0 Å². The van der Waals surface area contributed by atoms with Gasteiger partial charge in [-0.3, -0.25) is 10.1 Å². The zero-order chi connectivity index (χ0) is 15.3. The molecule has 20 heavy (non-hydrogen) atoms. The van der Waals surface area contributed by atoms with Gasteiger partial charge in [0.05, 0.1) is 22.3 Å². The zero-order valence-electron chi connectivity index (χ0n) is 11.5. The minimum atomic E-state index is -0.540. The van der Waals surface area contributed by atoms with Gasteiger partial charge in [0.1, 0.15) is 0 Å². The Morgan fingerprint density at radius 1 is 1.20 bits per heavy atom. The first kappa shape index (κ1) is 16.6. The summed E-state index contributed by atoms with van der Waals surface area (Å²) in [5, 5.41) is 8.38. The van der Waals surface area contributed by atoms with E-state index in [4.69, 9.17) is 23.2 Å². The Hall–Kier alpha value is -1.46. The maximum Gasteiger partial charge on any atom is 0.321 e. The fraction of sp³-hybridized carbons (Fsp3) is 0.385. The summed E-state index contributed by atoms with van der Waals surface area (Å²) in [5.74, 6) is -0.470. The van der Waals surface area contributed by atoms with Crippen molar-refractivity contribution >= 4 is 40.8 Å². The third kappa shape index (κ3) is 5.67. The maximum absolute atomic E-state index is 11.6. The molecule has 0 unspecified atom stereocenters. The molecule has 1 aromatic carbocycles. The Balaban J connectivity index is 2.48. The number of carbonyl (C=O) groups is 2. The van der Waals surface area contributed by atoms with Crippen molar-refractivity contribution in [2.24, 2.45) is 0 Å². The van der Waals surface area contributed by atoms with Gasteiger partial charge in [-0.25, -0.2) is 4.79 Å². The number of amides is 3. The third-order valence-corrected chi connectivity index (χ3v) is 2.95. The van der Waals surface area contributed by atoms with E-state index in [0.717, 1.165) is 0 Å². The van der Waals surface area contributed by atoms with Gasteiger partial charge in [0.2, 0.25) is 5.91 Å². The summed E-state index contributed by atoms with van der Waals surface area (Å²) < 4.78 is 0. The molecular weight excluding hydrogens is 301 g/mol. The molecule has 0 radical (unpaired) electrons. The molecule has 0 aliphatic heterocycles. The van der Waals surface area contributed by atoms with Crippen LogP contribution in [0.3, 0.4) is 0 Å². The SMILES string of the molecule is CC(C)(C)NC(=O)NC(=O)CNc1cccc(Cl)c1Cl. The van der Waals surface area contributed by atoms with Gasteiger partial charge in [-0.1, -0.05) is 29.3 Å². The van der Waals surface area contributed by atoms with Gasteiger partial charge in [-0.15, -0.1) is 0 Å². The number of hydrogen-bond acceptors (Lipinski definition) is 3. The van der Waals surface area contributed by atoms with E-state index in [9.17, 15) is 9.59 Å².